The predicted molar refractivity (Wildman–Crippen MR) is 132 cm³/mol. The van der Waals surface area contributed by atoms with Crippen LogP contribution in [-0.2, 0) is 28.5 Å². The van der Waals surface area contributed by atoms with E-state index >= 15 is 0 Å². The van der Waals surface area contributed by atoms with Gasteiger partial charge in [0.1, 0.15) is 17.3 Å². The fourth-order valence-corrected chi connectivity index (χ4v) is 6.30. The second-order valence-electron chi connectivity index (χ2n) is 9.27. The Morgan fingerprint density at radius 2 is 1.84 bits per heavy atom. The van der Waals surface area contributed by atoms with Crippen LogP contribution in [0.5, 0.6) is 0 Å². The maximum atomic E-state index is 13.8. The summed E-state index contributed by atoms with van der Waals surface area (Å²) in [6, 6.07) is 8.61. The largest absolute Gasteiger partial charge is 0.341 e. The predicted octanol–water partition coefficient (Wildman–Crippen LogP) is 3.53. The van der Waals surface area contributed by atoms with Crippen LogP contribution < -0.4 is 5.32 Å². The summed E-state index contributed by atoms with van der Waals surface area (Å²) in [5.74, 6) is -2.84. The molecule has 2 aromatic carbocycles. The molecule has 0 saturated carbocycles. The molecule has 38 heavy (non-hydrogen) atoms. The molecule has 5 rings (SSSR count). The van der Waals surface area contributed by atoms with Crippen LogP contribution in [0.25, 0.3) is 0 Å². The number of hydrogen-bond acceptors (Lipinski definition) is 6. The van der Waals surface area contributed by atoms with Crippen molar-refractivity contribution in [3.63, 3.8) is 0 Å². The number of nitrogens with one attached hydrogen (secondary N) is 3. The summed E-state index contributed by atoms with van der Waals surface area (Å²) in [5.41, 5.74) is 0.914. The highest BCUT2D eigenvalue weighted by molar-refractivity contribution is 7.89. The lowest BCUT2D eigenvalue weighted by atomic mass is 9.99. The number of halogens is 2. The maximum Gasteiger partial charge on any atom is 0.273 e. The van der Waals surface area contributed by atoms with Gasteiger partial charge in [-0.2, -0.15) is 9.40 Å². The Morgan fingerprint density at radius 1 is 1.13 bits per heavy atom. The minimum absolute atomic E-state index is 0.153. The molecule has 0 atom stereocenters. The first-order valence-corrected chi connectivity index (χ1v) is 12.9. The van der Waals surface area contributed by atoms with Gasteiger partial charge >= 0.3 is 0 Å². The number of H-pyrrole nitrogens is 2. The normalized spacial score (nSPS) is 14.8. The molecule has 1 amide bonds. The monoisotopic (exact) mass is 540 g/mol. The van der Waals surface area contributed by atoms with Crippen LogP contribution >= 0.6 is 0 Å². The number of amides is 1. The lowest BCUT2D eigenvalue weighted by Crippen LogP contribution is -2.40. The van der Waals surface area contributed by atoms with Crippen molar-refractivity contribution < 1.29 is 26.8 Å². The van der Waals surface area contributed by atoms with E-state index in [2.05, 4.69) is 25.5 Å². The molecule has 1 aliphatic rings. The van der Waals surface area contributed by atoms with Gasteiger partial charge in [-0.3, -0.25) is 14.7 Å². The Bertz CT molecular complexity index is 1640. The fourth-order valence-electron chi connectivity index (χ4n) is 4.53. The second kappa shape index (κ2) is 9.26. The summed E-state index contributed by atoms with van der Waals surface area (Å²) in [5, 5.41) is 9.80. The number of anilines is 1. The van der Waals surface area contributed by atoms with Gasteiger partial charge in [0, 0.05) is 29.4 Å². The van der Waals surface area contributed by atoms with E-state index in [9.17, 15) is 26.8 Å². The van der Waals surface area contributed by atoms with Crippen molar-refractivity contribution in [2.45, 2.75) is 37.2 Å². The van der Waals surface area contributed by atoms with Crippen LogP contribution in [0.1, 0.15) is 51.6 Å². The van der Waals surface area contributed by atoms with Crippen molar-refractivity contribution >= 4 is 27.4 Å². The van der Waals surface area contributed by atoms with Crippen molar-refractivity contribution in [1.29, 1.82) is 0 Å². The molecule has 3 N–H and O–H groups in total. The zero-order valence-corrected chi connectivity index (χ0v) is 21.1. The van der Waals surface area contributed by atoms with Crippen LogP contribution in [0.15, 0.2) is 59.9 Å². The van der Waals surface area contributed by atoms with Gasteiger partial charge in [0.2, 0.25) is 10.0 Å². The number of nitrogens with zero attached hydrogens (tertiary/aromatic N) is 3. The minimum atomic E-state index is -4.31. The Labute approximate surface area is 216 Å². The minimum Gasteiger partial charge on any atom is -0.341 e. The number of aromatic nitrogens is 4. The number of aromatic amines is 2. The molecule has 0 radical (unpaired) electrons. The summed E-state index contributed by atoms with van der Waals surface area (Å²) >= 11 is 0. The third kappa shape index (κ3) is 4.39. The topological polar surface area (TPSA) is 141 Å². The summed E-state index contributed by atoms with van der Waals surface area (Å²) in [4.78, 5) is 31.8. The molecule has 196 valence electrons. The van der Waals surface area contributed by atoms with Crippen LogP contribution in [0.3, 0.4) is 0 Å². The number of imidazole rings is 1. The van der Waals surface area contributed by atoms with E-state index in [1.165, 1.54) is 12.5 Å². The van der Waals surface area contributed by atoms with Crippen LogP contribution in [0.2, 0.25) is 0 Å². The van der Waals surface area contributed by atoms with Crippen molar-refractivity contribution in [3.8, 4) is 0 Å². The Morgan fingerprint density at radius 3 is 2.53 bits per heavy atom. The van der Waals surface area contributed by atoms with Gasteiger partial charge in [0.05, 0.1) is 40.8 Å². The quantitative estimate of drug-likeness (QED) is 0.306. The number of ketones is 1. The molecular formula is C25H22F2N6O4S. The third-order valence-electron chi connectivity index (χ3n) is 6.44. The first-order valence-electron chi connectivity index (χ1n) is 11.5. The van der Waals surface area contributed by atoms with E-state index in [1.807, 2.05) is 0 Å². The summed E-state index contributed by atoms with van der Waals surface area (Å²) in [6.45, 7) is 3.09. The third-order valence-corrected chi connectivity index (χ3v) is 8.43. The van der Waals surface area contributed by atoms with Gasteiger partial charge in [0.15, 0.2) is 5.78 Å². The number of carbonyl (C=O) groups excluding carboxylic acids is 2. The number of carbonyl (C=O) groups is 2. The SMILES string of the molecule is CC1(C)c2n[nH]c(CC(=O)c3ccccc3NC(=O)c3cnc[nH]3)c2CN1S(=O)(=O)c1cc(F)cc(F)c1. The standard InChI is InChI=1S/C25H22F2N6O4S/c1-25(2)23-18(12-33(25)38(36,37)16-8-14(26)7-15(27)9-16)20(31-32-23)10-22(34)17-5-3-4-6-19(17)30-24(35)21-11-28-13-29-21/h3-9,11,13H,10,12H2,1-2H3,(H,28,29)(H,30,35)(H,31,32). The Hall–Kier alpha value is -4.23. The molecule has 1 aliphatic heterocycles. The molecule has 3 heterocycles. The van der Waals surface area contributed by atoms with Crippen molar-refractivity contribution in [2.24, 2.45) is 0 Å². The van der Waals surface area contributed by atoms with Crippen LogP contribution in [-0.4, -0.2) is 44.6 Å². The lowest BCUT2D eigenvalue weighted by molar-refractivity contribution is 0.0992. The average Bonchev–Trinajstić information content (AvgIpc) is 3.58. The van der Waals surface area contributed by atoms with Gasteiger partial charge in [0.25, 0.3) is 5.91 Å². The highest BCUT2D eigenvalue weighted by Gasteiger charge is 2.48. The summed E-state index contributed by atoms with van der Waals surface area (Å²) in [7, 11) is -4.31. The molecule has 0 unspecified atom stereocenters. The van der Waals surface area contributed by atoms with E-state index in [1.54, 1.807) is 38.1 Å². The number of hydrogen-bond donors (Lipinski definition) is 3. The zero-order chi connectivity index (χ0) is 27.2. The molecule has 0 saturated heterocycles. The number of para-hydroxylation sites is 1. The van der Waals surface area contributed by atoms with E-state index < -0.39 is 38.0 Å². The first-order chi connectivity index (χ1) is 18.0. The van der Waals surface area contributed by atoms with E-state index in [0.717, 1.165) is 16.4 Å². The van der Waals surface area contributed by atoms with Crippen molar-refractivity contribution in [3.05, 3.63) is 94.8 Å². The molecule has 10 nitrogen and oxygen atoms in total. The number of sulfonamides is 1. The zero-order valence-electron chi connectivity index (χ0n) is 20.2. The molecule has 13 heteroatoms. The van der Waals surface area contributed by atoms with E-state index in [-0.39, 0.29) is 30.0 Å². The highest BCUT2D eigenvalue weighted by atomic mass is 32.2. The lowest BCUT2D eigenvalue weighted by Gasteiger charge is -2.30. The molecule has 0 fully saturated rings. The molecule has 2 aromatic heterocycles. The highest BCUT2D eigenvalue weighted by Crippen LogP contribution is 2.42. The van der Waals surface area contributed by atoms with Gasteiger partial charge < -0.3 is 10.3 Å². The Balaban J connectivity index is 1.41. The van der Waals surface area contributed by atoms with Gasteiger partial charge in [-0.1, -0.05) is 12.1 Å². The average molecular weight is 541 g/mol. The summed E-state index contributed by atoms with van der Waals surface area (Å²) < 4.78 is 55.4. The van der Waals surface area contributed by atoms with Gasteiger partial charge in [-0.05, 0) is 38.1 Å². The molecular weight excluding hydrogens is 518 g/mol. The van der Waals surface area contributed by atoms with Crippen LogP contribution in [0, 0.1) is 11.6 Å². The number of fused-ring (bicyclic) bond motifs is 1. The van der Waals surface area contributed by atoms with Crippen molar-refractivity contribution in [2.75, 3.05) is 5.32 Å². The second-order valence-corrected chi connectivity index (χ2v) is 11.1. The van der Waals surface area contributed by atoms with Gasteiger partial charge in [-0.15, -0.1) is 0 Å². The number of Topliss-reactive ketones (excluding diaryl/α,β-unsaturated/α-hetero) is 1. The van der Waals surface area contributed by atoms with E-state index in [0.29, 0.717) is 28.7 Å². The van der Waals surface area contributed by atoms with E-state index in [4.69, 9.17) is 0 Å². The number of rotatable bonds is 7. The molecule has 0 spiro atoms. The first kappa shape index (κ1) is 25.4. The van der Waals surface area contributed by atoms with Crippen LogP contribution in [0.4, 0.5) is 14.5 Å². The van der Waals surface area contributed by atoms with Gasteiger partial charge in [-0.25, -0.2) is 22.2 Å². The fraction of sp³-hybridized carbons (Fsp3) is 0.200. The number of benzene rings is 2. The smallest absolute Gasteiger partial charge is 0.273 e. The Kier molecular flexibility index (Phi) is 6.19. The van der Waals surface area contributed by atoms with Crippen molar-refractivity contribution in [1.82, 2.24) is 24.5 Å². The molecule has 0 aliphatic carbocycles. The summed E-state index contributed by atoms with van der Waals surface area (Å²) in [6.07, 6.45) is 2.56. The maximum absolute atomic E-state index is 13.8. The molecule has 4 aromatic rings. The molecule has 0 bridgehead atoms.